The maximum Gasteiger partial charge on any atom is 0.574 e. The fourth-order valence-corrected chi connectivity index (χ4v) is 1.97. The number of pyridine rings is 1. The maximum atomic E-state index is 12.0. The lowest BCUT2D eigenvalue weighted by Gasteiger charge is -2.26. The van der Waals surface area contributed by atoms with Crippen molar-refractivity contribution >= 4 is 5.91 Å². The van der Waals surface area contributed by atoms with Crippen molar-refractivity contribution in [2.75, 3.05) is 13.1 Å². The lowest BCUT2D eigenvalue weighted by Crippen LogP contribution is -2.35. The number of hydrogen-bond donors (Lipinski definition) is 0. The minimum atomic E-state index is -4.77. The van der Waals surface area contributed by atoms with E-state index in [1.165, 1.54) is 6.07 Å². The quantitative estimate of drug-likeness (QED) is 0.832. The van der Waals surface area contributed by atoms with Gasteiger partial charge >= 0.3 is 6.36 Å². The molecule has 7 heteroatoms. The average molecular weight is 274 g/mol. The Bertz CT molecular complexity index is 439. The molecule has 1 amide bonds. The summed E-state index contributed by atoms with van der Waals surface area (Å²) in [7, 11) is 0. The van der Waals surface area contributed by atoms with Crippen molar-refractivity contribution in [3.05, 3.63) is 23.9 Å². The van der Waals surface area contributed by atoms with Crippen molar-refractivity contribution in [3.8, 4) is 5.88 Å². The smallest absolute Gasteiger partial charge is 0.388 e. The Morgan fingerprint density at radius 3 is 2.42 bits per heavy atom. The third-order valence-corrected chi connectivity index (χ3v) is 2.85. The van der Waals surface area contributed by atoms with E-state index in [0.717, 1.165) is 31.5 Å². The summed E-state index contributed by atoms with van der Waals surface area (Å²) in [5.41, 5.74) is 0.274. The maximum absolute atomic E-state index is 12.0. The van der Waals surface area contributed by atoms with Crippen LogP contribution in [0.5, 0.6) is 5.88 Å². The average Bonchev–Trinajstić information content (AvgIpc) is 2.38. The summed E-state index contributed by atoms with van der Waals surface area (Å²) in [5.74, 6) is -0.770. The predicted octanol–water partition coefficient (Wildman–Crippen LogP) is 2.61. The molecule has 0 aliphatic carbocycles. The number of carbonyl (C=O) groups excluding carboxylic acids is 1. The SMILES string of the molecule is O=C(c1ccc(OC(F)(F)F)nc1)N1CCCCC1. The normalized spacial score (nSPS) is 16.3. The second-order valence-corrected chi connectivity index (χ2v) is 4.29. The van der Waals surface area contributed by atoms with Crippen LogP contribution in [0.2, 0.25) is 0 Å². The fourth-order valence-electron chi connectivity index (χ4n) is 1.97. The van der Waals surface area contributed by atoms with E-state index in [9.17, 15) is 18.0 Å². The number of nitrogens with zero attached hydrogens (tertiary/aromatic N) is 2. The molecular weight excluding hydrogens is 261 g/mol. The highest BCUT2D eigenvalue weighted by Crippen LogP contribution is 2.21. The molecule has 104 valence electrons. The molecule has 0 unspecified atom stereocenters. The van der Waals surface area contributed by atoms with Gasteiger partial charge in [-0.1, -0.05) is 0 Å². The Labute approximate surface area is 108 Å². The third-order valence-electron chi connectivity index (χ3n) is 2.85. The summed E-state index contributed by atoms with van der Waals surface area (Å²) in [6.07, 6.45) is -0.660. The first-order chi connectivity index (χ1) is 8.96. The standard InChI is InChI=1S/C12H13F3N2O2/c13-12(14,15)19-10-5-4-9(8-16-10)11(18)17-6-2-1-3-7-17/h4-5,8H,1-3,6-7H2. The van der Waals surface area contributed by atoms with Gasteiger partial charge in [-0.2, -0.15) is 0 Å². The molecule has 0 radical (unpaired) electrons. The van der Waals surface area contributed by atoms with Gasteiger partial charge in [0.2, 0.25) is 5.88 Å². The van der Waals surface area contributed by atoms with Crippen molar-refractivity contribution in [2.45, 2.75) is 25.6 Å². The Kier molecular flexibility index (Phi) is 3.92. The molecule has 1 fully saturated rings. The first-order valence-electron chi connectivity index (χ1n) is 5.97. The van der Waals surface area contributed by atoms with Crippen molar-refractivity contribution in [1.29, 1.82) is 0 Å². The van der Waals surface area contributed by atoms with E-state index in [2.05, 4.69) is 9.72 Å². The zero-order valence-electron chi connectivity index (χ0n) is 10.1. The Balaban J connectivity index is 2.03. The molecule has 0 spiro atoms. The topological polar surface area (TPSA) is 42.4 Å². The van der Waals surface area contributed by atoms with Crippen molar-refractivity contribution in [1.82, 2.24) is 9.88 Å². The third kappa shape index (κ3) is 3.84. The van der Waals surface area contributed by atoms with E-state index in [-0.39, 0.29) is 11.5 Å². The molecule has 1 aliphatic heterocycles. The molecule has 1 aromatic heterocycles. The Morgan fingerprint density at radius 2 is 1.89 bits per heavy atom. The molecule has 0 atom stereocenters. The summed E-state index contributed by atoms with van der Waals surface area (Å²) in [6, 6.07) is 2.34. The van der Waals surface area contributed by atoms with E-state index in [1.807, 2.05) is 0 Å². The highest BCUT2D eigenvalue weighted by molar-refractivity contribution is 5.94. The Morgan fingerprint density at radius 1 is 1.21 bits per heavy atom. The molecule has 0 N–H and O–H groups in total. The Hall–Kier alpha value is -1.79. The van der Waals surface area contributed by atoms with Crippen LogP contribution in [0.4, 0.5) is 13.2 Å². The molecule has 19 heavy (non-hydrogen) atoms. The number of hydrogen-bond acceptors (Lipinski definition) is 3. The number of ether oxygens (including phenoxy) is 1. The summed E-state index contributed by atoms with van der Waals surface area (Å²) in [5, 5.41) is 0. The molecule has 1 aliphatic rings. The fraction of sp³-hybridized carbons (Fsp3) is 0.500. The summed E-state index contributed by atoms with van der Waals surface area (Å²) >= 11 is 0. The molecular formula is C12H13F3N2O2. The second-order valence-electron chi connectivity index (χ2n) is 4.29. The highest BCUT2D eigenvalue weighted by Gasteiger charge is 2.31. The molecule has 1 aromatic rings. The van der Waals surface area contributed by atoms with Crippen molar-refractivity contribution < 1.29 is 22.7 Å². The van der Waals surface area contributed by atoms with Gasteiger partial charge in [0.1, 0.15) is 0 Å². The van der Waals surface area contributed by atoms with Gasteiger partial charge < -0.3 is 9.64 Å². The predicted molar refractivity (Wildman–Crippen MR) is 60.7 cm³/mol. The van der Waals surface area contributed by atoms with Crippen LogP contribution in [0.25, 0.3) is 0 Å². The zero-order valence-corrected chi connectivity index (χ0v) is 10.1. The van der Waals surface area contributed by atoms with Crippen LogP contribution in [0.15, 0.2) is 18.3 Å². The number of carbonyl (C=O) groups is 1. The van der Waals surface area contributed by atoms with Gasteiger partial charge in [0, 0.05) is 25.4 Å². The number of piperidine rings is 1. The largest absolute Gasteiger partial charge is 0.574 e. The second kappa shape index (κ2) is 5.46. The monoisotopic (exact) mass is 274 g/mol. The number of likely N-dealkylation sites (tertiary alicyclic amines) is 1. The lowest BCUT2D eigenvalue weighted by molar-refractivity contribution is -0.276. The van der Waals surface area contributed by atoms with Gasteiger partial charge in [0.05, 0.1) is 5.56 Å². The van der Waals surface area contributed by atoms with Crippen LogP contribution < -0.4 is 4.74 Å². The van der Waals surface area contributed by atoms with Crippen LogP contribution in [0.1, 0.15) is 29.6 Å². The van der Waals surface area contributed by atoms with E-state index in [0.29, 0.717) is 13.1 Å². The number of amides is 1. The van der Waals surface area contributed by atoms with E-state index in [4.69, 9.17) is 0 Å². The molecule has 0 saturated carbocycles. The first-order valence-corrected chi connectivity index (χ1v) is 5.97. The van der Waals surface area contributed by atoms with Gasteiger partial charge in [0.25, 0.3) is 5.91 Å². The molecule has 1 saturated heterocycles. The first kappa shape index (κ1) is 13.6. The van der Waals surface area contributed by atoms with Gasteiger partial charge in [0.15, 0.2) is 0 Å². The lowest BCUT2D eigenvalue weighted by atomic mass is 10.1. The molecule has 4 nitrogen and oxygen atoms in total. The van der Waals surface area contributed by atoms with Gasteiger partial charge in [-0.15, -0.1) is 13.2 Å². The summed E-state index contributed by atoms with van der Waals surface area (Å²) in [6.45, 7) is 1.36. The van der Waals surface area contributed by atoms with Crippen LogP contribution in [-0.2, 0) is 0 Å². The van der Waals surface area contributed by atoms with E-state index >= 15 is 0 Å². The van der Waals surface area contributed by atoms with Crippen molar-refractivity contribution in [3.63, 3.8) is 0 Å². The van der Waals surface area contributed by atoms with Crippen molar-refractivity contribution in [2.24, 2.45) is 0 Å². The number of rotatable bonds is 2. The van der Waals surface area contributed by atoms with Gasteiger partial charge in [-0.25, -0.2) is 4.98 Å². The van der Waals surface area contributed by atoms with Crippen LogP contribution in [0, 0.1) is 0 Å². The molecule has 0 bridgehead atoms. The summed E-state index contributed by atoms with van der Waals surface area (Å²) in [4.78, 5) is 17.2. The highest BCUT2D eigenvalue weighted by atomic mass is 19.4. The zero-order chi connectivity index (χ0) is 13.9. The number of alkyl halides is 3. The molecule has 0 aromatic carbocycles. The minimum Gasteiger partial charge on any atom is -0.388 e. The van der Waals surface area contributed by atoms with E-state index in [1.54, 1.807) is 4.90 Å². The van der Waals surface area contributed by atoms with Gasteiger partial charge in [-0.3, -0.25) is 4.79 Å². The van der Waals surface area contributed by atoms with E-state index < -0.39 is 12.2 Å². The number of aromatic nitrogens is 1. The van der Waals surface area contributed by atoms with Crippen LogP contribution in [-0.4, -0.2) is 35.2 Å². The number of halogens is 3. The van der Waals surface area contributed by atoms with Gasteiger partial charge in [-0.05, 0) is 25.3 Å². The summed E-state index contributed by atoms with van der Waals surface area (Å²) < 4.78 is 39.5. The van der Waals surface area contributed by atoms with Crippen LogP contribution >= 0.6 is 0 Å². The van der Waals surface area contributed by atoms with Crippen LogP contribution in [0.3, 0.4) is 0 Å². The molecule has 2 rings (SSSR count). The minimum absolute atomic E-state index is 0.203. The molecule has 2 heterocycles.